The lowest BCUT2D eigenvalue weighted by Crippen LogP contribution is -2.39. The smallest absolute Gasteiger partial charge is 0.229 e. The molecule has 0 aliphatic carbocycles. The van der Waals surface area contributed by atoms with Gasteiger partial charge in [-0.15, -0.1) is 0 Å². The predicted octanol–water partition coefficient (Wildman–Crippen LogP) is 2.40. The number of carbonyl (C=O) groups excluding carboxylic acids is 3. The van der Waals surface area contributed by atoms with E-state index in [1.807, 2.05) is 25.1 Å². The Balaban J connectivity index is 1.81. The molecule has 0 spiro atoms. The molecule has 24 heavy (non-hydrogen) atoms. The molecule has 1 saturated heterocycles. The lowest BCUT2D eigenvalue weighted by Gasteiger charge is -2.29. The molecule has 0 aromatic heterocycles. The van der Waals surface area contributed by atoms with Crippen molar-refractivity contribution in [1.82, 2.24) is 10.2 Å². The highest BCUT2D eigenvalue weighted by atomic mass is 16.2. The first kappa shape index (κ1) is 18.2. The third kappa shape index (κ3) is 4.66. The molecule has 0 radical (unpaired) electrons. The summed E-state index contributed by atoms with van der Waals surface area (Å²) in [5, 5.41) is 2.97. The van der Waals surface area contributed by atoms with Crippen LogP contribution in [0.1, 0.15) is 52.0 Å². The van der Waals surface area contributed by atoms with E-state index in [0.29, 0.717) is 0 Å². The van der Waals surface area contributed by atoms with Crippen LogP contribution in [0.4, 0.5) is 0 Å². The third-order valence-corrected chi connectivity index (χ3v) is 4.50. The maximum absolute atomic E-state index is 12.1. The van der Waals surface area contributed by atoms with Gasteiger partial charge < -0.3 is 5.32 Å². The van der Waals surface area contributed by atoms with Gasteiger partial charge in [0.2, 0.25) is 17.7 Å². The fraction of sp³-hybridized carbons (Fsp3) is 0.526. The van der Waals surface area contributed by atoms with Crippen molar-refractivity contribution in [1.29, 1.82) is 0 Å². The summed E-state index contributed by atoms with van der Waals surface area (Å²) in [7, 11) is 0. The Hall–Kier alpha value is -2.17. The van der Waals surface area contributed by atoms with Crippen LogP contribution in [0.5, 0.6) is 0 Å². The summed E-state index contributed by atoms with van der Waals surface area (Å²) in [5.74, 6) is -0.476. The van der Waals surface area contributed by atoms with E-state index in [0.717, 1.165) is 6.42 Å². The zero-order chi connectivity index (χ0) is 17.7. The van der Waals surface area contributed by atoms with Crippen LogP contribution in [0.3, 0.4) is 0 Å². The van der Waals surface area contributed by atoms with Gasteiger partial charge >= 0.3 is 0 Å². The SMILES string of the molecule is CC(CC(C)(C)c1ccccc1)NC(=O)CCN1C(=O)CCC1=O. The van der Waals surface area contributed by atoms with Gasteiger partial charge in [-0.3, -0.25) is 19.3 Å². The van der Waals surface area contributed by atoms with Crippen molar-refractivity contribution >= 4 is 17.7 Å². The van der Waals surface area contributed by atoms with Gasteiger partial charge in [0, 0.05) is 31.8 Å². The van der Waals surface area contributed by atoms with Crippen molar-refractivity contribution in [2.24, 2.45) is 0 Å². The Bertz CT molecular complexity index is 594. The molecular formula is C19H26N2O3. The van der Waals surface area contributed by atoms with E-state index in [9.17, 15) is 14.4 Å². The molecule has 1 aliphatic rings. The van der Waals surface area contributed by atoms with E-state index in [-0.39, 0.29) is 55.0 Å². The Morgan fingerprint density at radius 1 is 1.17 bits per heavy atom. The van der Waals surface area contributed by atoms with Gasteiger partial charge in [0.1, 0.15) is 0 Å². The van der Waals surface area contributed by atoms with Crippen LogP contribution in [0, 0.1) is 0 Å². The number of nitrogens with zero attached hydrogens (tertiary/aromatic N) is 1. The lowest BCUT2D eigenvalue weighted by molar-refractivity contribution is -0.138. The summed E-state index contributed by atoms with van der Waals surface area (Å²) < 4.78 is 0. The molecule has 130 valence electrons. The van der Waals surface area contributed by atoms with Gasteiger partial charge in [-0.1, -0.05) is 44.2 Å². The minimum Gasteiger partial charge on any atom is -0.354 e. The van der Waals surface area contributed by atoms with E-state index in [1.165, 1.54) is 10.5 Å². The number of carbonyl (C=O) groups is 3. The van der Waals surface area contributed by atoms with Crippen molar-refractivity contribution in [3.8, 4) is 0 Å². The second kappa shape index (κ2) is 7.60. The molecule has 1 fully saturated rings. The van der Waals surface area contributed by atoms with Crippen LogP contribution in [0.2, 0.25) is 0 Å². The maximum Gasteiger partial charge on any atom is 0.229 e. The number of benzene rings is 1. The minimum absolute atomic E-state index is 0.0117. The first-order valence-corrected chi connectivity index (χ1v) is 8.47. The summed E-state index contributed by atoms with van der Waals surface area (Å²) in [5.41, 5.74) is 1.19. The molecule has 1 N–H and O–H groups in total. The molecule has 0 bridgehead atoms. The van der Waals surface area contributed by atoms with Crippen LogP contribution in [-0.4, -0.2) is 35.2 Å². The molecule has 1 aromatic rings. The lowest BCUT2D eigenvalue weighted by atomic mass is 9.79. The van der Waals surface area contributed by atoms with Crippen LogP contribution < -0.4 is 5.32 Å². The average molecular weight is 330 g/mol. The highest BCUT2D eigenvalue weighted by molar-refractivity contribution is 6.02. The minimum atomic E-state index is -0.175. The number of nitrogens with one attached hydrogen (secondary N) is 1. The summed E-state index contributed by atoms with van der Waals surface area (Å²) in [6.07, 6.45) is 1.50. The van der Waals surface area contributed by atoms with E-state index in [4.69, 9.17) is 0 Å². The van der Waals surface area contributed by atoms with Crippen molar-refractivity contribution in [3.05, 3.63) is 35.9 Å². The summed E-state index contributed by atoms with van der Waals surface area (Å²) >= 11 is 0. The quantitative estimate of drug-likeness (QED) is 0.781. The average Bonchev–Trinajstić information content (AvgIpc) is 2.84. The molecular weight excluding hydrogens is 304 g/mol. The van der Waals surface area contributed by atoms with E-state index in [1.54, 1.807) is 0 Å². The van der Waals surface area contributed by atoms with Gasteiger partial charge in [-0.05, 0) is 24.3 Å². The maximum atomic E-state index is 12.1. The Morgan fingerprint density at radius 2 is 1.75 bits per heavy atom. The van der Waals surface area contributed by atoms with E-state index < -0.39 is 0 Å². The number of amides is 3. The zero-order valence-corrected chi connectivity index (χ0v) is 14.7. The Labute approximate surface area is 143 Å². The van der Waals surface area contributed by atoms with Crippen molar-refractivity contribution in [2.75, 3.05) is 6.54 Å². The number of hydrogen-bond acceptors (Lipinski definition) is 3. The van der Waals surface area contributed by atoms with Gasteiger partial charge in [-0.2, -0.15) is 0 Å². The first-order valence-electron chi connectivity index (χ1n) is 8.47. The van der Waals surface area contributed by atoms with Crippen LogP contribution >= 0.6 is 0 Å². The van der Waals surface area contributed by atoms with Gasteiger partial charge in [-0.25, -0.2) is 0 Å². The molecule has 5 heteroatoms. The molecule has 1 unspecified atom stereocenters. The first-order chi connectivity index (χ1) is 11.3. The molecule has 2 rings (SSSR count). The van der Waals surface area contributed by atoms with E-state index >= 15 is 0 Å². The highest BCUT2D eigenvalue weighted by Crippen LogP contribution is 2.28. The molecule has 1 heterocycles. The van der Waals surface area contributed by atoms with Crippen LogP contribution in [0.15, 0.2) is 30.3 Å². The van der Waals surface area contributed by atoms with Gasteiger partial charge in [0.15, 0.2) is 0 Å². The Morgan fingerprint density at radius 3 is 2.33 bits per heavy atom. The number of hydrogen-bond donors (Lipinski definition) is 1. The topological polar surface area (TPSA) is 66.5 Å². The van der Waals surface area contributed by atoms with Crippen molar-refractivity contribution in [3.63, 3.8) is 0 Å². The van der Waals surface area contributed by atoms with Crippen LogP contribution in [0.25, 0.3) is 0 Å². The zero-order valence-electron chi connectivity index (χ0n) is 14.7. The molecule has 1 aliphatic heterocycles. The summed E-state index contributed by atoms with van der Waals surface area (Å²) in [4.78, 5) is 36.4. The Kier molecular flexibility index (Phi) is 5.75. The second-order valence-corrected chi connectivity index (χ2v) is 7.11. The molecule has 3 amide bonds. The molecule has 1 aromatic carbocycles. The second-order valence-electron chi connectivity index (χ2n) is 7.11. The van der Waals surface area contributed by atoms with Crippen LogP contribution in [-0.2, 0) is 19.8 Å². The van der Waals surface area contributed by atoms with Gasteiger partial charge in [0.25, 0.3) is 0 Å². The fourth-order valence-corrected chi connectivity index (χ4v) is 3.26. The summed E-state index contributed by atoms with van der Waals surface area (Å²) in [6, 6.07) is 10.2. The predicted molar refractivity (Wildman–Crippen MR) is 92.3 cm³/mol. The molecule has 0 saturated carbocycles. The number of imide groups is 1. The van der Waals surface area contributed by atoms with Gasteiger partial charge in [0.05, 0.1) is 0 Å². The number of likely N-dealkylation sites (tertiary alicyclic amines) is 1. The largest absolute Gasteiger partial charge is 0.354 e. The standard InChI is InChI=1S/C19H26N2O3/c1-14(13-19(2,3)15-7-5-4-6-8-15)20-16(22)11-12-21-17(23)9-10-18(21)24/h4-8,14H,9-13H2,1-3H3,(H,20,22). The molecule has 5 nitrogen and oxygen atoms in total. The number of rotatable bonds is 7. The van der Waals surface area contributed by atoms with Crippen molar-refractivity contribution in [2.45, 2.75) is 57.9 Å². The monoisotopic (exact) mass is 330 g/mol. The van der Waals surface area contributed by atoms with Crippen molar-refractivity contribution < 1.29 is 14.4 Å². The normalized spacial score (nSPS) is 16.4. The third-order valence-electron chi connectivity index (χ3n) is 4.50. The van der Waals surface area contributed by atoms with E-state index in [2.05, 4.69) is 31.3 Å². The summed E-state index contributed by atoms with van der Waals surface area (Å²) in [6.45, 7) is 6.48. The molecule has 1 atom stereocenters. The highest BCUT2D eigenvalue weighted by Gasteiger charge is 2.29. The fourth-order valence-electron chi connectivity index (χ4n) is 3.26.